The predicted molar refractivity (Wildman–Crippen MR) is 162 cm³/mol. The lowest BCUT2D eigenvalue weighted by Crippen LogP contribution is -2.50. The first kappa shape index (κ1) is 30.5. The molecule has 0 radical (unpaired) electrons. The number of carbonyl (C=O) groups is 2. The van der Waals surface area contributed by atoms with E-state index in [0.717, 1.165) is 48.5 Å². The lowest BCUT2D eigenvalue weighted by Gasteiger charge is -2.36. The molecule has 1 saturated heterocycles. The van der Waals surface area contributed by atoms with Gasteiger partial charge >= 0.3 is 0 Å². The third kappa shape index (κ3) is 7.63. The lowest BCUT2D eigenvalue weighted by molar-refractivity contribution is -0.130. The zero-order chi connectivity index (χ0) is 29.7. The molecule has 41 heavy (non-hydrogen) atoms. The number of aromatic nitrogens is 4. The largest absolute Gasteiger partial charge is 0.372 e. The highest BCUT2D eigenvalue weighted by atomic mass is 16.5. The summed E-state index contributed by atoms with van der Waals surface area (Å²) in [6.07, 6.45) is 2.38. The minimum Gasteiger partial charge on any atom is -0.372 e. The second-order valence-corrected chi connectivity index (χ2v) is 12.0. The highest BCUT2D eigenvalue weighted by Crippen LogP contribution is 2.27. The summed E-state index contributed by atoms with van der Waals surface area (Å²) >= 11 is 0. The van der Waals surface area contributed by atoms with Gasteiger partial charge in [-0.05, 0) is 63.6 Å². The molecular weight excluding hydrogens is 520 g/mol. The molecular formula is C30H46N8O3. The van der Waals surface area contributed by atoms with Crippen LogP contribution in [0.1, 0.15) is 66.6 Å². The van der Waals surface area contributed by atoms with Crippen LogP contribution in [-0.2, 0) is 14.3 Å². The summed E-state index contributed by atoms with van der Waals surface area (Å²) in [7, 11) is 0. The maximum Gasteiger partial charge on any atom is 0.242 e. The minimum absolute atomic E-state index is 0.0105. The van der Waals surface area contributed by atoms with Crippen molar-refractivity contribution in [3.63, 3.8) is 0 Å². The highest BCUT2D eigenvalue weighted by molar-refractivity contribution is 5.88. The van der Waals surface area contributed by atoms with E-state index in [-0.39, 0.29) is 35.9 Å². The van der Waals surface area contributed by atoms with E-state index >= 15 is 0 Å². The number of anilines is 2. The van der Waals surface area contributed by atoms with Crippen molar-refractivity contribution >= 4 is 40.0 Å². The maximum absolute atomic E-state index is 12.7. The number of benzene rings is 1. The van der Waals surface area contributed by atoms with E-state index in [0.29, 0.717) is 31.0 Å². The predicted octanol–water partition coefficient (Wildman–Crippen LogP) is 3.69. The van der Waals surface area contributed by atoms with Gasteiger partial charge in [-0.15, -0.1) is 10.2 Å². The first-order valence-electron chi connectivity index (χ1n) is 14.9. The Kier molecular flexibility index (Phi) is 10.0. The Morgan fingerprint density at radius 1 is 1.05 bits per heavy atom. The van der Waals surface area contributed by atoms with Gasteiger partial charge in [0.15, 0.2) is 5.82 Å². The smallest absolute Gasteiger partial charge is 0.242 e. The average molecular weight is 567 g/mol. The fraction of sp³-hybridized carbons (Fsp3) is 0.633. The zero-order valence-electron chi connectivity index (χ0n) is 25.5. The van der Waals surface area contributed by atoms with Crippen LogP contribution in [0.15, 0.2) is 18.2 Å². The van der Waals surface area contributed by atoms with E-state index < -0.39 is 6.04 Å². The molecule has 0 aliphatic carbocycles. The third-order valence-corrected chi connectivity index (χ3v) is 7.31. The van der Waals surface area contributed by atoms with E-state index in [9.17, 15) is 9.59 Å². The lowest BCUT2D eigenvalue weighted by atomic mass is 10.0. The van der Waals surface area contributed by atoms with Crippen molar-refractivity contribution in [2.24, 2.45) is 11.8 Å². The number of rotatable bonds is 12. The fourth-order valence-electron chi connectivity index (χ4n) is 5.39. The van der Waals surface area contributed by atoms with Crippen molar-refractivity contribution in [3.05, 3.63) is 24.0 Å². The molecule has 0 saturated carbocycles. The molecule has 4 rings (SSSR count). The number of hydrogen-bond acceptors (Lipinski definition) is 8. The Bertz CT molecular complexity index is 1340. The summed E-state index contributed by atoms with van der Waals surface area (Å²) in [5.41, 5.74) is 3.66. The molecule has 2 amide bonds. The molecule has 3 heterocycles. The van der Waals surface area contributed by atoms with Crippen molar-refractivity contribution in [2.45, 2.75) is 86.0 Å². The molecule has 1 aliphatic rings. The summed E-state index contributed by atoms with van der Waals surface area (Å²) in [6.45, 7) is 16.9. The van der Waals surface area contributed by atoms with Crippen LogP contribution in [0.25, 0.3) is 16.7 Å². The van der Waals surface area contributed by atoms with Crippen molar-refractivity contribution in [1.29, 1.82) is 0 Å². The molecule has 11 nitrogen and oxygen atoms in total. The molecule has 1 aromatic carbocycles. The van der Waals surface area contributed by atoms with Gasteiger partial charge in [0.1, 0.15) is 11.9 Å². The van der Waals surface area contributed by atoms with Crippen LogP contribution in [0.2, 0.25) is 0 Å². The zero-order valence-corrected chi connectivity index (χ0v) is 25.5. The van der Waals surface area contributed by atoms with E-state index in [1.54, 1.807) is 0 Å². The van der Waals surface area contributed by atoms with Crippen LogP contribution < -0.4 is 20.9 Å². The number of unbranched alkanes of at least 4 members (excludes halogenated alkanes) is 1. The van der Waals surface area contributed by atoms with Gasteiger partial charge in [-0.1, -0.05) is 27.7 Å². The molecule has 3 atom stereocenters. The molecule has 0 spiro atoms. The number of aryl methyl sites for hydroxylation is 1. The van der Waals surface area contributed by atoms with Gasteiger partial charge in [0.2, 0.25) is 17.5 Å². The minimum atomic E-state index is -0.528. The van der Waals surface area contributed by atoms with Crippen LogP contribution in [-0.4, -0.2) is 75.8 Å². The highest BCUT2D eigenvalue weighted by Gasteiger charge is 2.25. The normalized spacial score (nSPS) is 18.3. The number of fused-ring (bicyclic) bond motifs is 3. The Labute approximate surface area is 242 Å². The Balaban J connectivity index is 1.36. The fourth-order valence-corrected chi connectivity index (χ4v) is 5.39. The van der Waals surface area contributed by atoms with Gasteiger partial charge < -0.3 is 25.6 Å². The molecule has 2 aromatic heterocycles. The maximum atomic E-state index is 12.7. The number of carbonyl (C=O) groups excluding carboxylic acids is 2. The van der Waals surface area contributed by atoms with Gasteiger partial charge in [-0.25, -0.2) is 4.98 Å². The van der Waals surface area contributed by atoms with Crippen LogP contribution >= 0.6 is 0 Å². The average Bonchev–Trinajstić information content (AvgIpc) is 3.29. The molecule has 3 unspecified atom stereocenters. The van der Waals surface area contributed by atoms with Gasteiger partial charge in [-0.3, -0.25) is 14.0 Å². The molecule has 0 bridgehead atoms. The van der Waals surface area contributed by atoms with Crippen molar-refractivity contribution in [1.82, 2.24) is 30.2 Å². The summed E-state index contributed by atoms with van der Waals surface area (Å²) in [6, 6.07) is 5.83. The molecule has 1 fully saturated rings. The molecule has 3 N–H and O–H groups in total. The third-order valence-electron chi connectivity index (χ3n) is 7.31. The second-order valence-electron chi connectivity index (χ2n) is 12.0. The standard InChI is InChI=1S/C30H46N8O3/c1-18(2)14-26(39)34-27(19(3)4)30(40)32-13-9-8-12-31-28-29-36-35-22(7)38(29)25-11-10-23(15-24(25)33-28)37-16-20(5)41-21(6)17-37/h10-11,15,18-21,27H,8-9,12-14,16-17H2,1-7H3,(H,31,33)(H,32,40)(H,34,39). The van der Waals surface area contributed by atoms with Crippen molar-refractivity contribution in [2.75, 3.05) is 36.4 Å². The van der Waals surface area contributed by atoms with Crippen molar-refractivity contribution < 1.29 is 14.3 Å². The van der Waals surface area contributed by atoms with Crippen LogP contribution in [0.5, 0.6) is 0 Å². The monoisotopic (exact) mass is 566 g/mol. The van der Waals surface area contributed by atoms with E-state index in [1.165, 1.54) is 0 Å². The van der Waals surface area contributed by atoms with Gasteiger partial charge in [0.05, 0.1) is 23.2 Å². The molecule has 1 aliphatic heterocycles. The van der Waals surface area contributed by atoms with Crippen LogP contribution in [0.4, 0.5) is 11.5 Å². The number of nitrogens with zero attached hydrogens (tertiary/aromatic N) is 5. The van der Waals surface area contributed by atoms with Gasteiger partial charge in [-0.2, -0.15) is 0 Å². The Morgan fingerprint density at radius 3 is 2.44 bits per heavy atom. The first-order chi connectivity index (χ1) is 19.5. The van der Waals surface area contributed by atoms with E-state index in [4.69, 9.17) is 9.72 Å². The first-order valence-corrected chi connectivity index (χ1v) is 14.9. The van der Waals surface area contributed by atoms with Gasteiger partial charge in [0, 0.05) is 38.3 Å². The number of morpholine rings is 1. The molecule has 11 heteroatoms. The Hall–Kier alpha value is -3.47. The number of hydrogen-bond donors (Lipinski definition) is 3. The van der Waals surface area contributed by atoms with Crippen LogP contribution in [0, 0.1) is 18.8 Å². The van der Waals surface area contributed by atoms with Crippen molar-refractivity contribution in [3.8, 4) is 0 Å². The molecule has 3 aromatic rings. The van der Waals surface area contributed by atoms with Gasteiger partial charge in [0.25, 0.3) is 0 Å². The van der Waals surface area contributed by atoms with E-state index in [2.05, 4.69) is 63.1 Å². The number of nitrogens with one attached hydrogen (secondary N) is 3. The topological polar surface area (TPSA) is 126 Å². The summed E-state index contributed by atoms with van der Waals surface area (Å²) in [4.78, 5) is 32.2. The second kappa shape index (κ2) is 13.5. The SMILES string of the molecule is Cc1nnc2c(NCCCCNC(=O)C(NC(=O)CC(C)C)C(C)C)nc3cc(N4CC(C)OC(C)C4)ccc3n12. The summed E-state index contributed by atoms with van der Waals surface area (Å²) in [5.74, 6) is 1.53. The van der Waals surface area contributed by atoms with Crippen LogP contribution in [0.3, 0.4) is 0 Å². The Morgan fingerprint density at radius 2 is 1.76 bits per heavy atom. The summed E-state index contributed by atoms with van der Waals surface area (Å²) in [5, 5.41) is 18.0. The summed E-state index contributed by atoms with van der Waals surface area (Å²) < 4.78 is 7.96. The molecule has 224 valence electrons. The number of amides is 2. The number of ether oxygens (including phenoxy) is 1. The van der Waals surface area contributed by atoms with E-state index in [1.807, 2.05) is 39.0 Å². The quantitative estimate of drug-likeness (QED) is 0.284.